The van der Waals surface area contributed by atoms with E-state index in [0.717, 1.165) is 0 Å². The lowest BCUT2D eigenvalue weighted by atomic mass is 9.96. The van der Waals surface area contributed by atoms with Crippen molar-refractivity contribution in [3.05, 3.63) is 0 Å². The number of hydrogen-bond acceptors (Lipinski definition) is 3. The van der Waals surface area contributed by atoms with Crippen LogP contribution in [0.3, 0.4) is 0 Å². The summed E-state index contributed by atoms with van der Waals surface area (Å²) >= 11 is 0. The first-order valence-electron chi connectivity index (χ1n) is 5.41. The third-order valence-electron chi connectivity index (χ3n) is 3.39. The van der Waals surface area contributed by atoms with Gasteiger partial charge in [-0.05, 0) is 27.2 Å². The van der Waals surface area contributed by atoms with Gasteiger partial charge in [0, 0.05) is 13.7 Å². The second kappa shape index (κ2) is 4.41. The van der Waals surface area contributed by atoms with Gasteiger partial charge in [-0.1, -0.05) is 0 Å². The molecular weight excluding hydrogens is 210 g/mol. The number of aliphatic carboxylic acids is 1. The number of carboxylic acid groups (broad SMARTS) is 1. The monoisotopic (exact) mass is 229 g/mol. The van der Waals surface area contributed by atoms with E-state index < -0.39 is 11.5 Å². The molecule has 0 aliphatic carbocycles. The summed E-state index contributed by atoms with van der Waals surface area (Å²) in [6, 6.07) is 0. The molecular formula is C11H19NO4. The average Bonchev–Trinajstić information content (AvgIpc) is 2.61. The Hall–Kier alpha value is -1.10. The fourth-order valence-corrected chi connectivity index (χ4v) is 1.72. The van der Waals surface area contributed by atoms with Crippen LogP contribution in [0.1, 0.15) is 27.2 Å². The van der Waals surface area contributed by atoms with Crippen molar-refractivity contribution in [1.82, 2.24) is 4.90 Å². The zero-order valence-corrected chi connectivity index (χ0v) is 10.2. The maximum absolute atomic E-state index is 12.1. The highest BCUT2D eigenvalue weighted by molar-refractivity contribution is 5.87. The molecule has 0 spiro atoms. The fourth-order valence-electron chi connectivity index (χ4n) is 1.72. The molecule has 1 fully saturated rings. The predicted octanol–water partition coefficient (Wildman–Crippen LogP) is 0.733. The number of carbonyl (C=O) groups excluding carboxylic acids is 1. The number of carboxylic acids is 1. The van der Waals surface area contributed by atoms with Crippen LogP contribution in [0.2, 0.25) is 0 Å². The first-order chi connectivity index (χ1) is 7.28. The number of amides is 1. The summed E-state index contributed by atoms with van der Waals surface area (Å²) in [7, 11) is 1.53. The fraction of sp³-hybridized carbons (Fsp3) is 0.818. The third-order valence-corrected chi connectivity index (χ3v) is 3.39. The van der Waals surface area contributed by atoms with Crippen molar-refractivity contribution < 1.29 is 19.4 Å². The number of nitrogens with zero attached hydrogens (tertiary/aromatic N) is 1. The molecule has 5 nitrogen and oxygen atoms in total. The van der Waals surface area contributed by atoms with E-state index >= 15 is 0 Å². The molecule has 1 saturated heterocycles. The van der Waals surface area contributed by atoms with Crippen molar-refractivity contribution in [1.29, 1.82) is 0 Å². The Morgan fingerprint density at radius 2 is 2.00 bits per heavy atom. The van der Waals surface area contributed by atoms with Crippen molar-refractivity contribution in [2.45, 2.75) is 38.8 Å². The minimum atomic E-state index is -1.18. The molecule has 1 heterocycles. The van der Waals surface area contributed by atoms with E-state index in [1.165, 1.54) is 25.8 Å². The Morgan fingerprint density at radius 1 is 1.44 bits per heavy atom. The van der Waals surface area contributed by atoms with Gasteiger partial charge in [0.2, 0.25) is 5.91 Å². The minimum Gasteiger partial charge on any atom is -0.480 e. The molecule has 2 unspecified atom stereocenters. The molecule has 0 saturated carbocycles. The van der Waals surface area contributed by atoms with Crippen molar-refractivity contribution in [2.24, 2.45) is 5.92 Å². The summed E-state index contributed by atoms with van der Waals surface area (Å²) in [6.45, 7) is 5.46. The second-order valence-corrected chi connectivity index (χ2v) is 4.73. The molecule has 92 valence electrons. The minimum absolute atomic E-state index is 0.125. The molecule has 1 rings (SSSR count). The topological polar surface area (TPSA) is 66.8 Å². The molecule has 0 aromatic heterocycles. The Balaban J connectivity index is 2.78. The molecule has 1 N–H and O–H groups in total. The zero-order valence-electron chi connectivity index (χ0n) is 10.2. The smallest absolute Gasteiger partial charge is 0.329 e. The third kappa shape index (κ3) is 2.19. The van der Waals surface area contributed by atoms with E-state index in [1.807, 2.05) is 6.92 Å². The Bertz CT molecular complexity index is 300. The van der Waals surface area contributed by atoms with E-state index in [2.05, 4.69) is 0 Å². The van der Waals surface area contributed by atoms with Gasteiger partial charge < -0.3 is 14.7 Å². The van der Waals surface area contributed by atoms with Gasteiger partial charge in [0.25, 0.3) is 0 Å². The van der Waals surface area contributed by atoms with E-state index in [0.29, 0.717) is 13.0 Å². The zero-order chi connectivity index (χ0) is 12.5. The van der Waals surface area contributed by atoms with Gasteiger partial charge in [-0.15, -0.1) is 0 Å². The molecule has 0 aromatic rings. The summed E-state index contributed by atoms with van der Waals surface area (Å²) in [5, 5.41) is 9.04. The lowest BCUT2D eigenvalue weighted by Crippen LogP contribution is -2.53. The highest BCUT2D eigenvalue weighted by Gasteiger charge is 2.40. The second-order valence-electron chi connectivity index (χ2n) is 4.73. The highest BCUT2D eigenvalue weighted by atomic mass is 16.5. The summed E-state index contributed by atoms with van der Waals surface area (Å²) in [5.41, 5.74) is -1.18. The number of hydrogen-bond donors (Lipinski definition) is 1. The number of likely N-dealkylation sites (N-methyl/N-ethyl adjacent to an activating group) is 1. The van der Waals surface area contributed by atoms with Gasteiger partial charge in [-0.25, -0.2) is 4.79 Å². The molecule has 1 aliphatic heterocycles. The first-order valence-corrected chi connectivity index (χ1v) is 5.41. The van der Waals surface area contributed by atoms with Crippen LogP contribution < -0.4 is 0 Å². The van der Waals surface area contributed by atoms with Crippen LogP contribution in [-0.2, 0) is 14.3 Å². The number of rotatable bonds is 3. The largest absolute Gasteiger partial charge is 0.480 e. The molecule has 2 atom stereocenters. The van der Waals surface area contributed by atoms with Crippen molar-refractivity contribution in [2.75, 3.05) is 13.7 Å². The first kappa shape index (κ1) is 13.0. The van der Waals surface area contributed by atoms with Crippen molar-refractivity contribution in [3.8, 4) is 0 Å². The molecule has 16 heavy (non-hydrogen) atoms. The van der Waals surface area contributed by atoms with E-state index in [1.54, 1.807) is 0 Å². The lowest BCUT2D eigenvalue weighted by Gasteiger charge is -2.34. The molecule has 0 bridgehead atoms. The standard InChI is InChI=1S/C11H19NO4/c1-7-8(5-6-16-7)9(13)12(4)11(2,3)10(14)15/h7-8H,5-6H2,1-4H3,(H,14,15). The van der Waals surface area contributed by atoms with E-state index in [9.17, 15) is 9.59 Å². The molecule has 5 heteroatoms. The molecule has 1 aliphatic rings. The summed E-state index contributed by atoms with van der Waals surface area (Å²) in [6.07, 6.45) is 0.541. The average molecular weight is 229 g/mol. The van der Waals surface area contributed by atoms with Crippen LogP contribution in [0.15, 0.2) is 0 Å². The maximum Gasteiger partial charge on any atom is 0.329 e. The van der Waals surface area contributed by atoms with Crippen LogP contribution in [0.25, 0.3) is 0 Å². The van der Waals surface area contributed by atoms with E-state index in [-0.39, 0.29) is 17.9 Å². The van der Waals surface area contributed by atoms with Crippen LogP contribution in [-0.4, -0.2) is 47.2 Å². The van der Waals surface area contributed by atoms with Gasteiger partial charge in [0.05, 0.1) is 12.0 Å². The number of carbonyl (C=O) groups is 2. The summed E-state index contributed by atoms with van der Waals surface area (Å²) in [4.78, 5) is 24.4. The Kier molecular flexibility index (Phi) is 3.57. The quantitative estimate of drug-likeness (QED) is 0.774. The van der Waals surface area contributed by atoms with Crippen LogP contribution in [0.4, 0.5) is 0 Å². The van der Waals surface area contributed by atoms with E-state index in [4.69, 9.17) is 9.84 Å². The molecule has 1 amide bonds. The van der Waals surface area contributed by atoms with Gasteiger partial charge in [-0.3, -0.25) is 4.79 Å². The van der Waals surface area contributed by atoms with Crippen molar-refractivity contribution >= 4 is 11.9 Å². The summed E-state index contributed by atoms with van der Waals surface area (Å²) in [5.74, 6) is -1.38. The normalized spacial score (nSPS) is 25.5. The molecule has 0 radical (unpaired) electrons. The van der Waals surface area contributed by atoms with Gasteiger partial charge in [0.1, 0.15) is 5.54 Å². The lowest BCUT2D eigenvalue weighted by molar-refractivity contribution is -0.157. The van der Waals surface area contributed by atoms with Gasteiger partial charge in [0.15, 0.2) is 0 Å². The van der Waals surface area contributed by atoms with Crippen LogP contribution in [0, 0.1) is 5.92 Å². The maximum atomic E-state index is 12.1. The summed E-state index contributed by atoms with van der Waals surface area (Å²) < 4.78 is 5.31. The Morgan fingerprint density at radius 3 is 2.38 bits per heavy atom. The van der Waals surface area contributed by atoms with Crippen LogP contribution in [0.5, 0.6) is 0 Å². The predicted molar refractivity (Wildman–Crippen MR) is 58.0 cm³/mol. The molecule has 0 aromatic carbocycles. The SMILES string of the molecule is CC1OCCC1C(=O)N(C)C(C)(C)C(=O)O. The van der Waals surface area contributed by atoms with Gasteiger partial charge in [-0.2, -0.15) is 0 Å². The number of ether oxygens (including phenoxy) is 1. The Labute approximate surface area is 95.4 Å². The van der Waals surface area contributed by atoms with Crippen LogP contribution >= 0.6 is 0 Å². The highest BCUT2D eigenvalue weighted by Crippen LogP contribution is 2.25. The van der Waals surface area contributed by atoms with Crippen molar-refractivity contribution in [3.63, 3.8) is 0 Å². The van der Waals surface area contributed by atoms with Gasteiger partial charge >= 0.3 is 5.97 Å².